The van der Waals surface area contributed by atoms with Crippen LogP contribution in [0.1, 0.15) is 38.9 Å². The third-order valence-electron chi connectivity index (χ3n) is 2.70. The average Bonchev–Trinajstić information content (AvgIpc) is 2.78. The van der Waals surface area contributed by atoms with Crippen molar-refractivity contribution in [2.45, 2.75) is 50.8 Å². The van der Waals surface area contributed by atoms with Crippen molar-refractivity contribution in [3.8, 4) is 0 Å². The standard InChI is InChI=1S/C12H22N2O3S/c1-4-6-10(5-2)14-18(15,16)12-8-7-11(17-12)9-13-3/h7-8,10,13-14H,4-6,9H2,1-3H3. The van der Waals surface area contributed by atoms with Gasteiger partial charge in [0.15, 0.2) is 0 Å². The Balaban J connectivity index is 2.78. The lowest BCUT2D eigenvalue weighted by atomic mass is 10.1. The Morgan fingerprint density at radius 3 is 2.61 bits per heavy atom. The minimum atomic E-state index is -3.54. The Morgan fingerprint density at radius 1 is 1.33 bits per heavy atom. The summed E-state index contributed by atoms with van der Waals surface area (Å²) in [5.41, 5.74) is 0. The summed E-state index contributed by atoms with van der Waals surface area (Å²) in [5, 5.41) is 2.90. The van der Waals surface area contributed by atoms with Crippen molar-refractivity contribution in [1.29, 1.82) is 0 Å². The molecule has 6 heteroatoms. The summed E-state index contributed by atoms with van der Waals surface area (Å²) < 4.78 is 32.1. The summed E-state index contributed by atoms with van der Waals surface area (Å²) >= 11 is 0. The fourth-order valence-corrected chi connectivity index (χ4v) is 3.05. The zero-order valence-electron chi connectivity index (χ0n) is 11.2. The first-order chi connectivity index (χ1) is 8.53. The van der Waals surface area contributed by atoms with Crippen LogP contribution < -0.4 is 10.0 Å². The largest absolute Gasteiger partial charge is 0.447 e. The maximum Gasteiger partial charge on any atom is 0.274 e. The van der Waals surface area contributed by atoms with Crippen LogP contribution in [0.2, 0.25) is 0 Å². The van der Waals surface area contributed by atoms with Crippen LogP contribution >= 0.6 is 0 Å². The Morgan fingerprint density at radius 2 is 2.06 bits per heavy atom. The van der Waals surface area contributed by atoms with Gasteiger partial charge in [-0.15, -0.1) is 0 Å². The van der Waals surface area contributed by atoms with Crippen LogP contribution in [0.5, 0.6) is 0 Å². The molecule has 0 amide bonds. The molecule has 1 aromatic heterocycles. The second kappa shape index (κ2) is 6.92. The first-order valence-corrected chi connectivity index (χ1v) is 7.77. The minimum Gasteiger partial charge on any atom is -0.447 e. The van der Waals surface area contributed by atoms with Gasteiger partial charge in [0.05, 0.1) is 6.54 Å². The highest BCUT2D eigenvalue weighted by Crippen LogP contribution is 2.15. The number of furan rings is 1. The van der Waals surface area contributed by atoms with Gasteiger partial charge >= 0.3 is 0 Å². The van der Waals surface area contributed by atoms with Crippen LogP contribution in [0.3, 0.4) is 0 Å². The van der Waals surface area contributed by atoms with E-state index in [-0.39, 0.29) is 11.1 Å². The van der Waals surface area contributed by atoms with Gasteiger partial charge in [0.1, 0.15) is 5.76 Å². The molecule has 1 heterocycles. The molecule has 0 aliphatic rings. The molecule has 18 heavy (non-hydrogen) atoms. The third kappa shape index (κ3) is 4.12. The summed E-state index contributed by atoms with van der Waals surface area (Å²) in [6.45, 7) is 4.52. The van der Waals surface area contributed by atoms with Gasteiger partial charge in [-0.3, -0.25) is 0 Å². The van der Waals surface area contributed by atoms with Gasteiger partial charge in [0, 0.05) is 6.04 Å². The Hall–Kier alpha value is -0.850. The van der Waals surface area contributed by atoms with E-state index >= 15 is 0 Å². The second-order valence-corrected chi connectivity index (χ2v) is 5.91. The predicted octanol–water partition coefficient (Wildman–Crippen LogP) is 1.86. The van der Waals surface area contributed by atoms with Crippen molar-refractivity contribution in [2.24, 2.45) is 0 Å². The number of sulfonamides is 1. The van der Waals surface area contributed by atoms with E-state index in [9.17, 15) is 8.42 Å². The van der Waals surface area contributed by atoms with E-state index in [1.54, 1.807) is 13.1 Å². The zero-order valence-corrected chi connectivity index (χ0v) is 12.0. The average molecular weight is 274 g/mol. The molecule has 5 nitrogen and oxygen atoms in total. The molecule has 0 saturated heterocycles. The normalized spacial score (nSPS) is 13.7. The highest BCUT2D eigenvalue weighted by molar-refractivity contribution is 7.89. The lowest BCUT2D eigenvalue weighted by molar-refractivity contribution is 0.400. The molecule has 0 aliphatic heterocycles. The van der Waals surface area contributed by atoms with Crippen LogP contribution in [-0.4, -0.2) is 21.5 Å². The number of hydrogen-bond acceptors (Lipinski definition) is 4. The predicted molar refractivity (Wildman–Crippen MR) is 70.8 cm³/mol. The first kappa shape index (κ1) is 15.2. The van der Waals surface area contributed by atoms with Crippen molar-refractivity contribution in [2.75, 3.05) is 7.05 Å². The topological polar surface area (TPSA) is 71.3 Å². The Bertz CT molecular complexity index is 454. The molecule has 1 aromatic rings. The minimum absolute atomic E-state index is 0.0118. The summed E-state index contributed by atoms with van der Waals surface area (Å²) in [5.74, 6) is 0.612. The van der Waals surface area contributed by atoms with Crippen molar-refractivity contribution in [1.82, 2.24) is 10.0 Å². The van der Waals surface area contributed by atoms with Gasteiger partial charge in [-0.25, -0.2) is 13.1 Å². The summed E-state index contributed by atoms with van der Waals surface area (Å²) in [6, 6.07) is 3.14. The maximum absolute atomic E-state index is 12.1. The summed E-state index contributed by atoms with van der Waals surface area (Å²) in [4.78, 5) is 0. The fourth-order valence-electron chi connectivity index (χ4n) is 1.74. The van der Waals surface area contributed by atoms with E-state index in [1.807, 2.05) is 13.8 Å². The third-order valence-corrected chi connectivity index (χ3v) is 4.10. The van der Waals surface area contributed by atoms with Gasteiger partial charge in [-0.1, -0.05) is 20.3 Å². The molecule has 1 unspecified atom stereocenters. The van der Waals surface area contributed by atoms with E-state index < -0.39 is 10.0 Å². The van der Waals surface area contributed by atoms with Crippen LogP contribution in [0.4, 0.5) is 0 Å². The molecular weight excluding hydrogens is 252 g/mol. The van der Waals surface area contributed by atoms with Gasteiger partial charge in [0.2, 0.25) is 5.09 Å². The molecule has 2 N–H and O–H groups in total. The van der Waals surface area contributed by atoms with Crippen molar-refractivity contribution < 1.29 is 12.8 Å². The SMILES string of the molecule is CCCC(CC)NS(=O)(=O)c1ccc(CNC)o1. The first-order valence-electron chi connectivity index (χ1n) is 6.29. The molecule has 0 aromatic carbocycles. The molecule has 0 fully saturated rings. The quantitative estimate of drug-likeness (QED) is 0.759. The second-order valence-electron chi connectivity index (χ2n) is 4.27. The molecule has 0 saturated carbocycles. The Labute approximate surface area is 109 Å². The lowest BCUT2D eigenvalue weighted by Crippen LogP contribution is -2.34. The van der Waals surface area contributed by atoms with Crippen molar-refractivity contribution in [3.05, 3.63) is 17.9 Å². The van der Waals surface area contributed by atoms with E-state index in [1.165, 1.54) is 6.07 Å². The molecule has 0 aliphatic carbocycles. The smallest absolute Gasteiger partial charge is 0.274 e. The molecular formula is C12H22N2O3S. The number of nitrogens with one attached hydrogen (secondary N) is 2. The van der Waals surface area contributed by atoms with Gasteiger partial charge in [0.25, 0.3) is 10.0 Å². The van der Waals surface area contributed by atoms with Gasteiger partial charge in [-0.05, 0) is 32.0 Å². The van der Waals surface area contributed by atoms with Crippen molar-refractivity contribution in [3.63, 3.8) is 0 Å². The highest BCUT2D eigenvalue weighted by atomic mass is 32.2. The molecule has 1 rings (SSSR count). The molecule has 104 valence electrons. The lowest BCUT2D eigenvalue weighted by Gasteiger charge is -2.14. The van der Waals surface area contributed by atoms with Crippen molar-refractivity contribution >= 4 is 10.0 Å². The van der Waals surface area contributed by atoms with Crippen LogP contribution in [0.25, 0.3) is 0 Å². The Kier molecular flexibility index (Phi) is 5.84. The molecule has 0 bridgehead atoms. The van der Waals surface area contributed by atoms with E-state index in [2.05, 4.69) is 10.0 Å². The maximum atomic E-state index is 12.1. The number of rotatable bonds is 8. The molecule has 1 atom stereocenters. The van der Waals surface area contributed by atoms with E-state index in [0.717, 1.165) is 19.3 Å². The van der Waals surface area contributed by atoms with Gasteiger partial charge < -0.3 is 9.73 Å². The number of hydrogen-bond donors (Lipinski definition) is 2. The molecule has 0 spiro atoms. The highest BCUT2D eigenvalue weighted by Gasteiger charge is 2.21. The summed E-state index contributed by atoms with van der Waals surface area (Å²) in [7, 11) is -1.75. The van der Waals surface area contributed by atoms with Crippen LogP contribution in [0.15, 0.2) is 21.6 Å². The molecule has 0 radical (unpaired) electrons. The zero-order chi connectivity index (χ0) is 13.6. The fraction of sp³-hybridized carbons (Fsp3) is 0.667. The van der Waals surface area contributed by atoms with E-state index in [4.69, 9.17) is 4.42 Å². The summed E-state index contributed by atoms with van der Waals surface area (Å²) in [6.07, 6.45) is 2.56. The van der Waals surface area contributed by atoms with Crippen LogP contribution in [-0.2, 0) is 16.6 Å². The van der Waals surface area contributed by atoms with Gasteiger partial charge in [-0.2, -0.15) is 0 Å². The monoisotopic (exact) mass is 274 g/mol. The van der Waals surface area contributed by atoms with Crippen LogP contribution in [0, 0.1) is 0 Å². The van der Waals surface area contributed by atoms with E-state index in [0.29, 0.717) is 12.3 Å².